The van der Waals surface area contributed by atoms with E-state index in [0.717, 1.165) is 13.1 Å². The van der Waals surface area contributed by atoms with Crippen LogP contribution in [0.25, 0.3) is 0 Å². The standard InChI is InChI=1S/C11H19F3N2O/c1-10(2)8-4-15-3-7(8)5-16(10)6-9(17)11(12,13)14/h7-9,15,17H,3-6H2,1-2H3. The number of halogens is 3. The van der Waals surface area contributed by atoms with Crippen molar-refractivity contribution in [2.75, 3.05) is 26.2 Å². The first kappa shape index (κ1) is 13.1. The van der Waals surface area contributed by atoms with Crippen LogP contribution in [0.4, 0.5) is 13.2 Å². The largest absolute Gasteiger partial charge is 0.415 e. The lowest BCUT2D eigenvalue weighted by molar-refractivity contribution is -0.210. The van der Waals surface area contributed by atoms with Gasteiger partial charge in [0.2, 0.25) is 0 Å². The predicted octanol–water partition coefficient (Wildman–Crippen LogP) is 0.839. The Morgan fingerprint density at radius 2 is 2.06 bits per heavy atom. The highest BCUT2D eigenvalue weighted by molar-refractivity contribution is 5.05. The molecule has 2 fully saturated rings. The second kappa shape index (κ2) is 4.10. The quantitative estimate of drug-likeness (QED) is 0.764. The van der Waals surface area contributed by atoms with E-state index in [1.54, 1.807) is 4.90 Å². The summed E-state index contributed by atoms with van der Waals surface area (Å²) in [6.07, 6.45) is -6.76. The summed E-state index contributed by atoms with van der Waals surface area (Å²) in [5, 5.41) is 12.4. The lowest BCUT2D eigenvalue weighted by Crippen LogP contribution is -2.50. The van der Waals surface area contributed by atoms with E-state index in [-0.39, 0.29) is 12.1 Å². The fraction of sp³-hybridized carbons (Fsp3) is 1.00. The molecule has 2 saturated heterocycles. The second-order valence-electron chi connectivity index (χ2n) is 5.64. The maximum atomic E-state index is 12.4. The molecule has 6 heteroatoms. The molecule has 2 N–H and O–H groups in total. The van der Waals surface area contributed by atoms with E-state index >= 15 is 0 Å². The molecule has 0 radical (unpaired) electrons. The van der Waals surface area contributed by atoms with Crippen LogP contribution < -0.4 is 5.32 Å². The topological polar surface area (TPSA) is 35.5 Å². The van der Waals surface area contributed by atoms with Gasteiger partial charge in [-0.1, -0.05) is 0 Å². The monoisotopic (exact) mass is 252 g/mol. The summed E-state index contributed by atoms with van der Waals surface area (Å²) in [5.74, 6) is 0.786. The number of alkyl halides is 3. The Morgan fingerprint density at radius 3 is 2.59 bits per heavy atom. The van der Waals surface area contributed by atoms with Gasteiger partial charge in [0.1, 0.15) is 0 Å². The summed E-state index contributed by atoms with van der Waals surface area (Å²) < 4.78 is 37.1. The first-order valence-corrected chi connectivity index (χ1v) is 5.93. The summed E-state index contributed by atoms with van der Waals surface area (Å²) in [6, 6.07) is 0. The number of hydrogen-bond donors (Lipinski definition) is 2. The molecule has 0 aromatic carbocycles. The van der Waals surface area contributed by atoms with Gasteiger partial charge >= 0.3 is 6.18 Å². The normalized spacial score (nSPS) is 34.9. The highest BCUT2D eigenvalue weighted by Crippen LogP contribution is 2.41. The molecule has 17 heavy (non-hydrogen) atoms. The van der Waals surface area contributed by atoms with Crippen molar-refractivity contribution in [2.24, 2.45) is 11.8 Å². The van der Waals surface area contributed by atoms with Gasteiger partial charge in [0.05, 0.1) is 0 Å². The van der Waals surface area contributed by atoms with Gasteiger partial charge in [0.25, 0.3) is 0 Å². The number of β-amino-alcohol motifs (C(OH)–C–C–N with tert-alkyl or cyclic N) is 1. The first-order valence-electron chi connectivity index (χ1n) is 5.93. The zero-order valence-electron chi connectivity index (χ0n) is 10.1. The molecular formula is C11H19F3N2O. The molecule has 3 unspecified atom stereocenters. The van der Waals surface area contributed by atoms with Crippen LogP contribution in [0.2, 0.25) is 0 Å². The molecular weight excluding hydrogens is 233 g/mol. The zero-order chi connectivity index (χ0) is 12.8. The number of nitrogens with one attached hydrogen (secondary N) is 1. The van der Waals surface area contributed by atoms with E-state index in [4.69, 9.17) is 5.11 Å². The molecule has 0 aromatic rings. The Labute approximate surface area is 99.0 Å². The predicted molar refractivity (Wildman–Crippen MR) is 57.6 cm³/mol. The van der Waals surface area contributed by atoms with Gasteiger partial charge in [-0.3, -0.25) is 4.90 Å². The third-order valence-corrected chi connectivity index (χ3v) is 4.29. The van der Waals surface area contributed by atoms with E-state index in [1.165, 1.54) is 0 Å². The van der Waals surface area contributed by atoms with Gasteiger partial charge in [-0.05, 0) is 32.2 Å². The molecule has 0 bridgehead atoms. The molecule has 2 aliphatic rings. The molecule has 0 amide bonds. The van der Waals surface area contributed by atoms with E-state index in [2.05, 4.69) is 5.32 Å². The third kappa shape index (κ3) is 2.30. The molecule has 0 aromatic heterocycles. The number of likely N-dealkylation sites (tertiary alicyclic amines) is 1. The van der Waals surface area contributed by atoms with Crippen LogP contribution in [0.3, 0.4) is 0 Å². The van der Waals surface area contributed by atoms with Crippen molar-refractivity contribution in [2.45, 2.75) is 31.7 Å². The minimum atomic E-state index is -4.52. The van der Waals surface area contributed by atoms with Gasteiger partial charge in [0, 0.05) is 25.2 Å². The van der Waals surface area contributed by atoms with Gasteiger partial charge in [-0.25, -0.2) is 0 Å². The van der Waals surface area contributed by atoms with Crippen molar-refractivity contribution in [3.05, 3.63) is 0 Å². The molecule has 100 valence electrons. The molecule has 2 heterocycles. The highest BCUT2D eigenvalue weighted by atomic mass is 19.4. The molecule has 2 aliphatic heterocycles. The summed E-state index contributed by atoms with van der Waals surface area (Å²) >= 11 is 0. The Morgan fingerprint density at radius 1 is 1.41 bits per heavy atom. The van der Waals surface area contributed by atoms with Crippen molar-refractivity contribution in [3.63, 3.8) is 0 Å². The number of aliphatic hydroxyl groups excluding tert-OH is 1. The second-order valence-corrected chi connectivity index (χ2v) is 5.64. The number of aliphatic hydroxyl groups is 1. The molecule has 0 aliphatic carbocycles. The van der Waals surface area contributed by atoms with Gasteiger partial charge in [-0.2, -0.15) is 13.2 Å². The van der Waals surface area contributed by atoms with E-state index < -0.39 is 12.3 Å². The zero-order valence-corrected chi connectivity index (χ0v) is 10.1. The maximum Gasteiger partial charge on any atom is 0.415 e. The summed E-state index contributed by atoms with van der Waals surface area (Å²) in [5.41, 5.74) is -0.277. The number of hydrogen-bond acceptors (Lipinski definition) is 3. The van der Waals surface area contributed by atoms with Crippen LogP contribution >= 0.6 is 0 Å². The van der Waals surface area contributed by atoms with Gasteiger partial charge in [-0.15, -0.1) is 0 Å². The number of fused-ring (bicyclic) bond motifs is 1. The van der Waals surface area contributed by atoms with Crippen molar-refractivity contribution >= 4 is 0 Å². The maximum absolute atomic E-state index is 12.4. The van der Waals surface area contributed by atoms with E-state index in [9.17, 15) is 13.2 Å². The van der Waals surface area contributed by atoms with Crippen molar-refractivity contribution in [3.8, 4) is 0 Å². The van der Waals surface area contributed by atoms with Crippen LogP contribution in [-0.4, -0.2) is 54.0 Å². The van der Waals surface area contributed by atoms with Crippen LogP contribution in [0.15, 0.2) is 0 Å². The lowest BCUT2D eigenvalue weighted by Gasteiger charge is -2.37. The fourth-order valence-electron chi connectivity index (χ4n) is 3.13. The van der Waals surface area contributed by atoms with E-state index in [1.807, 2.05) is 13.8 Å². The van der Waals surface area contributed by atoms with Crippen molar-refractivity contribution in [1.82, 2.24) is 10.2 Å². The molecule has 0 saturated carbocycles. The lowest BCUT2D eigenvalue weighted by atomic mass is 9.85. The van der Waals surface area contributed by atoms with Crippen molar-refractivity contribution < 1.29 is 18.3 Å². The van der Waals surface area contributed by atoms with Crippen molar-refractivity contribution in [1.29, 1.82) is 0 Å². The van der Waals surface area contributed by atoms with Crippen LogP contribution in [0.1, 0.15) is 13.8 Å². The minimum Gasteiger partial charge on any atom is -0.382 e. The van der Waals surface area contributed by atoms with E-state index in [0.29, 0.717) is 18.4 Å². The molecule has 2 rings (SSSR count). The Kier molecular flexibility index (Phi) is 3.16. The third-order valence-electron chi connectivity index (χ3n) is 4.29. The highest BCUT2D eigenvalue weighted by Gasteiger charge is 2.51. The average molecular weight is 252 g/mol. The van der Waals surface area contributed by atoms with Crippen LogP contribution in [0.5, 0.6) is 0 Å². The first-order chi connectivity index (χ1) is 7.73. The Hall–Kier alpha value is -0.330. The van der Waals surface area contributed by atoms with Crippen LogP contribution in [0, 0.1) is 11.8 Å². The molecule has 0 spiro atoms. The number of rotatable bonds is 2. The average Bonchev–Trinajstić information content (AvgIpc) is 2.70. The molecule has 3 nitrogen and oxygen atoms in total. The SMILES string of the molecule is CC1(C)C2CNCC2CN1CC(O)C(F)(F)F. The fourth-order valence-corrected chi connectivity index (χ4v) is 3.13. The number of nitrogens with zero attached hydrogens (tertiary/aromatic N) is 1. The summed E-state index contributed by atoms with van der Waals surface area (Å²) in [6.45, 7) is 5.98. The smallest absolute Gasteiger partial charge is 0.382 e. The van der Waals surface area contributed by atoms with Crippen LogP contribution in [-0.2, 0) is 0 Å². The Bertz CT molecular complexity index is 293. The summed E-state index contributed by atoms with van der Waals surface area (Å²) in [7, 11) is 0. The van der Waals surface area contributed by atoms with Gasteiger partial charge < -0.3 is 10.4 Å². The minimum absolute atomic E-state index is 0.277. The summed E-state index contributed by atoms with van der Waals surface area (Å²) in [4.78, 5) is 1.78. The molecule has 3 atom stereocenters. The Balaban J connectivity index is 2.03. The van der Waals surface area contributed by atoms with Gasteiger partial charge in [0.15, 0.2) is 6.10 Å².